The van der Waals surface area contributed by atoms with Crippen LogP contribution in [0.15, 0.2) is 67.0 Å². The van der Waals surface area contributed by atoms with Crippen LogP contribution in [0, 0.1) is 12.7 Å². The second-order valence-corrected chi connectivity index (χ2v) is 7.51. The Hall–Kier alpha value is -4.21. The number of alkyl halides is 3. The molecule has 2 aromatic carbocycles. The Morgan fingerprint density at radius 3 is 2.53 bits per heavy atom. The van der Waals surface area contributed by atoms with Gasteiger partial charge in [-0.05, 0) is 60.5 Å². The number of halogens is 4. The zero-order valence-corrected chi connectivity index (χ0v) is 17.9. The monoisotopic (exact) mass is 469 g/mol. The molecule has 2 heterocycles. The molecular formula is C24H19F4N5O. The largest absolute Gasteiger partial charge is 0.449 e. The summed E-state index contributed by atoms with van der Waals surface area (Å²) in [5, 5.41) is 5.86. The van der Waals surface area contributed by atoms with Gasteiger partial charge in [-0.15, -0.1) is 0 Å². The van der Waals surface area contributed by atoms with Crippen LogP contribution in [0.4, 0.5) is 28.9 Å². The summed E-state index contributed by atoms with van der Waals surface area (Å²) < 4.78 is 53.1. The van der Waals surface area contributed by atoms with Gasteiger partial charge in [0, 0.05) is 35.9 Å². The number of rotatable bonds is 6. The highest BCUT2D eigenvalue weighted by Crippen LogP contribution is 2.32. The normalized spacial score (nSPS) is 11.3. The number of hydrogen-bond donors (Lipinski definition) is 3. The summed E-state index contributed by atoms with van der Waals surface area (Å²) in [6.07, 6.45) is -1.40. The number of hydrogen-bond acceptors (Lipinski definition) is 4. The Bertz CT molecular complexity index is 1300. The van der Waals surface area contributed by atoms with Crippen LogP contribution in [0.3, 0.4) is 0 Å². The maximum Gasteiger partial charge on any atom is 0.449 e. The van der Waals surface area contributed by atoms with Gasteiger partial charge >= 0.3 is 6.18 Å². The highest BCUT2D eigenvalue weighted by molar-refractivity contribution is 6.07. The number of carbonyl (C=O) groups excluding carboxylic acids is 1. The molecule has 174 valence electrons. The number of aromatic nitrogens is 3. The SMILES string of the molecule is Cc1ccc(NC(=O)c2[nH]c(C(F)(F)F)nc2-c2ccc(F)cc2)cc1NCc1cccnc1. The number of nitrogens with zero attached hydrogens (tertiary/aromatic N) is 2. The summed E-state index contributed by atoms with van der Waals surface area (Å²) in [5.74, 6) is -2.70. The van der Waals surface area contributed by atoms with Crippen LogP contribution in [0.25, 0.3) is 11.3 Å². The van der Waals surface area contributed by atoms with E-state index >= 15 is 0 Å². The van der Waals surface area contributed by atoms with Crippen LogP contribution in [0.5, 0.6) is 0 Å². The second-order valence-electron chi connectivity index (χ2n) is 7.51. The van der Waals surface area contributed by atoms with E-state index in [9.17, 15) is 22.4 Å². The summed E-state index contributed by atoms with van der Waals surface area (Å²) >= 11 is 0. The number of pyridine rings is 1. The van der Waals surface area contributed by atoms with E-state index in [4.69, 9.17) is 0 Å². The fraction of sp³-hybridized carbons (Fsp3) is 0.125. The molecule has 0 saturated heterocycles. The molecule has 34 heavy (non-hydrogen) atoms. The summed E-state index contributed by atoms with van der Waals surface area (Å²) in [6.45, 7) is 2.38. The lowest BCUT2D eigenvalue weighted by atomic mass is 10.1. The van der Waals surface area contributed by atoms with Gasteiger partial charge in [-0.1, -0.05) is 12.1 Å². The number of carbonyl (C=O) groups is 1. The number of imidazole rings is 1. The van der Waals surface area contributed by atoms with E-state index in [2.05, 4.69) is 25.6 Å². The fourth-order valence-electron chi connectivity index (χ4n) is 3.27. The van der Waals surface area contributed by atoms with Crippen LogP contribution in [0.2, 0.25) is 0 Å². The van der Waals surface area contributed by atoms with Gasteiger partial charge in [0.15, 0.2) is 0 Å². The molecule has 0 aliphatic heterocycles. The topological polar surface area (TPSA) is 82.7 Å². The average Bonchev–Trinajstić information content (AvgIpc) is 3.27. The molecule has 1 amide bonds. The Labute approximate surface area is 192 Å². The van der Waals surface area contributed by atoms with Gasteiger partial charge in [0.2, 0.25) is 5.82 Å². The molecule has 2 aromatic heterocycles. The van der Waals surface area contributed by atoms with Crippen molar-refractivity contribution in [3.05, 3.63) is 95.5 Å². The minimum Gasteiger partial charge on any atom is -0.381 e. The molecule has 3 N–H and O–H groups in total. The van der Waals surface area contributed by atoms with Gasteiger partial charge in [0.25, 0.3) is 5.91 Å². The van der Waals surface area contributed by atoms with Gasteiger partial charge in [-0.3, -0.25) is 9.78 Å². The van der Waals surface area contributed by atoms with Crippen molar-refractivity contribution < 1.29 is 22.4 Å². The molecule has 0 spiro atoms. The summed E-state index contributed by atoms with van der Waals surface area (Å²) in [4.78, 5) is 22.6. The Morgan fingerprint density at radius 1 is 1.09 bits per heavy atom. The van der Waals surface area contributed by atoms with E-state index in [1.54, 1.807) is 30.6 Å². The number of nitrogens with one attached hydrogen (secondary N) is 3. The highest BCUT2D eigenvalue weighted by Gasteiger charge is 2.37. The van der Waals surface area contributed by atoms with Crippen LogP contribution in [0.1, 0.15) is 27.4 Å². The van der Waals surface area contributed by atoms with Gasteiger partial charge < -0.3 is 15.6 Å². The third kappa shape index (κ3) is 5.22. The zero-order valence-electron chi connectivity index (χ0n) is 17.9. The van der Waals surface area contributed by atoms with Crippen molar-refractivity contribution in [2.24, 2.45) is 0 Å². The Kier molecular flexibility index (Phi) is 6.31. The Morgan fingerprint density at radius 2 is 1.85 bits per heavy atom. The second kappa shape index (κ2) is 9.34. The number of H-pyrrole nitrogens is 1. The van der Waals surface area contributed by atoms with E-state index in [1.165, 1.54) is 12.1 Å². The number of aryl methyl sites for hydroxylation is 1. The first kappa shape index (κ1) is 23.0. The first-order valence-corrected chi connectivity index (χ1v) is 10.2. The minimum atomic E-state index is -4.79. The van der Waals surface area contributed by atoms with Gasteiger partial charge in [-0.2, -0.15) is 13.2 Å². The van der Waals surface area contributed by atoms with E-state index in [0.717, 1.165) is 28.9 Å². The first-order valence-electron chi connectivity index (χ1n) is 10.2. The zero-order chi connectivity index (χ0) is 24.3. The van der Waals surface area contributed by atoms with Crippen molar-refractivity contribution in [2.75, 3.05) is 10.6 Å². The summed E-state index contributed by atoms with van der Waals surface area (Å²) in [5.41, 5.74) is 2.53. The molecule has 0 aliphatic carbocycles. The fourth-order valence-corrected chi connectivity index (χ4v) is 3.27. The van der Waals surface area contributed by atoms with Crippen molar-refractivity contribution in [3.8, 4) is 11.3 Å². The van der Waals surface area contributed by atoms with Crippen molar-refractivity contribution in [2.45, 2.75) is 19.6 Å². The average molecular weight is 469 g/mol. The van der Waals surface area contributed by atoms with Gasteiger partial charge in [-0.25, -0.2) is 9.37 Å². The van der Waals surface area contributed by atoms with E-state index in [0.29, 0.717) is 12.2 Å². The quantitative estimate of drug-likeness (QED) is 0.312. The van der Waals surface area contributed by atoms with Crippen LogP contribution >= 0.6 is 0 Å². The number of benzene rings is 2. The molecule has 0 atom stereocenters. The summed E-state index contributed by atoms with van der Waals surface area (Å²) in [7, 11) is 0. The maximum absolute atomic E-state index is 13.3. The minimum absolute atomic E-state index is 0.168. The molecule has 6 nitrogen and oxygen atoms in total. The lowest BCUT2D eigenvalue weighted by Gasteiger charge is -2.12. The standard InChI is InChI=1S/C24H19F4N5O/c1-14-4-9-18(11-19(14)30-13-15-3-2-10-29-12-15)31-22(34)21-20(16-5-7-17(25)8-6-16)32-23(33-21)24(26,27)28/h2-12,30H,13H2,1H3,(H,31,34)(H,32,33). The molecule has 0 aliphatic rings. The number of amides is 1. The molecular weight excluding hydrogens is 450 g/mol. The van der Waals surface area contributed by atoms with E-state index in [1.807, 2.05) is 19.1 Å². The van der Waals surface area contributed by atoms with Crippen LogP contribution in [-0.2, 0) is 12.7 Å². The van der Waals surface area contributed by atoms with Crippen LogP contribution < -0.4 is 10.6 Å². The predicted octanol–water partition coefficient (Wildman–Crippen LogP) is 5.80. The smallest absolute Gasteiger partial charge is 0.381 e. The molecule has 10 heteroatoms. The van der Waals surface area contributed by atoms with Crippen molar-refractivity contribution in [1.29, 1.82) is 0 Å². The lowest BCUT2D eigenvalue weighted by Crippen LogP contribution is -2.15. The van der Waals surface area contributed by atoms with Crippen molar-refractivity contribution in [3.63, 3.8) is 0 Å². The summed E-state index contributed by atoms with van der Waals surface area (Å²) in [6, 6.07) is 13.5. The highest BCUT2D eigenvalue weighted by atomic mass is 19.4. The molecule has 4 aromatic rings. The van der Waals surface area contributed by atoms with Crippen LogP contribution in [-0.4, -0.2) is 20.9 Å². The molecule has 0 radical (unpaired) electrons. The third-order valence-electron chi connectivity index (χ3n) is 5.02. The molecule has 0 bridgehead atoms. The molecule has 4 rings (SSSR count). The maximum atomic E-state index is 13.3. The van der Waals surface area contributed by atoms with E-state index < -0.39 is 23.7 Å². The molecule has 0 saturated carbocycles. The molecule has 0 fully saturated rings. The number of anilines is 2. The van der Waals surface area contributed by atoms with E-state index in [-0.39, 0.29) is 17.0 Å². The third-order valence-corrected chi connectivity index (χ3v) is 5.02. The van der Waals surface area contributed by atoms with Gasteiger partial charge in [0.05, 0.1) is 0 Å². The number of aromatic amines is 1. The van der Waals surface area contributed by atoms with Crippen molar-refractivity contribution in [1.82, 2.24) is 15.0 Å². The van der Waals surface area contributed by atoms with Gasteiger partial charge in [0.1, 0.15) is 17.2 Å². The van der Waals surface area contributed by atoms with Crippen molar-refractivity contribution >= 4 is 17.3 Å². The first-order chi connectivity index (χ1) is 16.2. The lowest BCUT2D eigenvalue weighted by molar-refractivity contribution is -0.144. The Balaban J connectivity index is 1.60. The predicted molar refractivity (Wildman–Crippen MR) is 120 cm³/mol. The molecule has 0 unspecified atom stereocenters.